The van der Waals surface area contributed by atoms with Crippen LogP contribution in [0.2, 0.25) is 0 Å². The summed E-state index contributed by atoms with van der Waals surface area (Å²) in [5, 5.41) is 9.86. The highest BCUT2D eigenvalue weighted by molar-refractivity contribution is 6.07. The molecule has 0 heterocycles. The molecule has 0 bridgehead atoms. The molecular weight excluding hydrogens is 711 g/mol. The highest BCUT2D eigenvalue weighted by atomic mass is 15.1. The van der Waals surface area contributed by atoms with Crippen molar-refractivity contribution in [2.45, 2.75) is 0 Å². The Morgan fingerprint density at radius 2 is 0.610 bits per heavy atom. The molecular formula is C58H39N. The molecule has 0 saturated carbocycles. The number of hydrogen-bond acceptors (Lipinski definition) is 1. The van der Waals surface area contributed by atoms with Crippen molar-refractivity contribution in [3.05, 3.63) is 237 Å². The van der Waals surface area contributed by atoms with Crippen molar-refractivity contribution in [3.63, 3.8) is 0 Å². The molecule has 0 aliphatic heterocycles. The fourth-order valence-corrected chi connectivity index (χ4v) is 8.98. The van der Waals surface area contributed by atoms with E-state index >= 15 is 0 Å². The van der Waals surface area contributed by atoms with E-state index in [0.29, 0.717) is 0 Å². The van der Waals surface area contributed by atoms with Gasteiger partial charge in [-0.1, -0.05) is 212 Å². The van der Waals surface area contributed by atoms with Crippen molar-refractivity contribution in [1.82, 2.24) is 0 Å². The normalized spacial score (nSPS) is 11.4. The fraction of sp³-hybridized carbons (Fsp3) is 0. The Kier molecular flexibility index (Phi) is 8.56. The molecule has 59 heavy (non-hydrogen) atoms. The highest BCUT2D eigenvalue weighted by Gasteiger charge is 2.22. The van der Waals surface area contributed by atoms with Crippen molar-refractivity contribution in [2.24, 2.45) is 0 Å². The number of benzene rings is 11. The van der Waals surface area contributed by atoms with Crippen LogP contribution in [0.1, 0.15) is 0 Å². The molecule has 0 saturated heterocycles. The zero-order valence-corrected chi connectivity index (χ0v) is 32.5. The van der Waals surface area contributed by atoms with Gasteiger partial charge in [-0.25, -0.2) is 0 Å². The first-order valence-corrected chi connectivity index (χ1v) is 20.3. The van der Waals surface area contributed by atoms with E-state index < -0.39 is 0 Å². The smallest absolute Gasteiger partial charge is 0.0546 e. The van der Waals surface area contributed by atoms with E-state index in [9.17, 15) is 0 Å². The molecule has 11 aromatic rings. The van der Waals surface area contributed by atoms with E-state index in [2.05, 4.69) is 241 Å². The molecule has 11 aromatic carbocycles. The quantitative estimate of drug-likeness (QED) is 0.157. The van der Waals surface area contributed by atoms with E-state index in [1.807, 2.05) is 0 Å². The van der Waals surface area contributed by atoms with E-state index in [1.165, 1.54) is 87.6 Å². The lowest BCUT2D eigenvalue weighted by molar-refractivity contribution is 1.30. The molecule has 0 unspecified atom stereocenters. The lowest BCUT2D eigenvalue weighted by atomic mass is 9.92. The molecule has 0 spiro atoms. The maximum absolute atomic E-state index is 2.47. The minimum atomic E-state index is 1.09. The van der Waals surface area contributed by atoms with Crippen LogP contribution in [-0.4, -0.2) is 0 Å². The second-order valence-corrected chi connectivity index (χ2v) is 15.3. The Morgan fingerprint density at radius 1 is 0.220 bits per heavy atom. The summed E-state index contributed by atoms with van der Waals surface area (Å²) in [5.74, 6) is 0. The average Bonchev–Trinajstić information content (AvgIpc) is 3.31. The predicted octanol–water partition coefficient (Wildman–Crippen LogP) is 16.4. The van der Waals surface area contributed by atoms with Crippen molar-refractivity contribution in [2.75, 3.05) is 4.90 Å². The van der Waals surface area contributed by atoms with Crippen LogP contribution in [0.3, 0.4) is 0 Å². The third kappa shape index (κ3) is 6.21. The molecule has 276 valence electrons. The monoisotopic (exact) mass is 749 g/mol. The summed E-state index contributed by atoms with van der Waals surface area (Å²) in [6, 6.07) is 86.4. The van der Waals surface area contributed by atoms with Gasteiger partial charge in [-0.15, -0.1) is 0 Å². The van der Waals surface area contributed by atoms with Crippen LogP contribution in [0.4, 0.5) is 17.1 Å². The molecule has 0 aliphatic carbocycles. The molecule has 0 fully saturated rings. The van der Waals surface area contributed by atoms with Crippen molar-refractivity contribution >= 4 is 60.2 Å². The molecule has 0 radical (unpaired) electrons. The van der Waals surface area contributed by atoms with Crippen molar-refractivity contribution < 1.29 is 0 Å². The van der Waals surface area contributed by atoms with Crippen LogP contribution in [0.15, 0.2) is 237 Å². The fourth-order valence-electron chi connectivity index (χ4n) is 8.98. The summed E-state index contributed by atoms with van der Waals surface area (Å²) in [5.41, 5.74) is 12.9. The largest absolute Gasteiger partial charge is 0.309 e. The zero-order valence-electron chi connectivity index (χ0n) is 32.5. The van der Waals surface area contributed by atoms with Gasteiger partial charge >= 0.3 is 0 Å². The van der Waals surface area contributed by atoms with E-state index in [1.54, 1.807) is 0 Å². The topological polar surface area (TPSA) is 3.24 Å². The summed E-state index contributed by atoms with van der Waals surface area (Å²) in [6.45, 7) is 0. The summed E-state index contributed by atoms with van der Waals surface area (Å²) >= 11 is 0. The van der Waals surface area contributed by atoms with Crippen LogP contribution >= 0.6 is 0 Å². The van der Waals surface area contributed by atoms with E-state index in [-0.39, 0.29) is 0 Å². The lowest BCUT2D eigenvalue weighted by Gasteiger charge is -2.30. The zero-order chi connectivity index (χ0) is 39.1. The molecule has 0 N–H and O–H groups in total. The summed E-state index contributed by atoms with van der Waals surface area (Å²) in [7, 11) is 0. The van der Waals surface area contributed by atoms with Gasteiger partial charge in [0.2, 0.25) is 0 Å². The molecule has 1 nitrogen and oxygen atoms in total. The van der Waals surface area contributed by atoms with Gasteiger partial charge in [0.15, 0.2) is 0 Å². The molecule has 1 heteroatoms. The SMILES string of the molecule is c1ccc2c(-c3ccc(-c4ccc(N(c5cc(-c6cccc7ccccc67)ccc5-c5cccc6ccccc56)c5cccc6ccccc56)cc4)cc3)cccc2c1. The number of nitrogens with zero attached hydrogens (tertiary/aromatic N) is 1. The van der Waals surface area contributed by atoms with Crippen molar-refractivity contribution in [3.8, 4) is 44.5 Å². The molecule has 11 rings (SSSR count). The first kappa shape index (κ1) is 34.5. The number of fused-ring (bicyclic) bond motifs is 4. The van der Waals surface area contributed by atoms with Crippen LogP contribution in [-0.2, 0) is 0 Å². The van der Waals surface area contributed by atoms with Gasteiger partial charge in [0.1, 0.15) is 0 Å². The minimum absolute atomic E-state index is 1.09. The van der Waals surface area contributed by atoms with Gasteiger partial charge in [0.05, 0.1) is 11.4 Å². The highest BCUT2D eigenvalue weighted by Crippen LogP contribution is 2.47. The Labute approximate surface area is 344 Å². The first-order chi connectivity index (χ1) is 29.3. The lowest BCUT2D eigenvalue weighted by Crippen LogP contribution is -2.12. The number of hydrogen-bond donors (Lipinski definition) is 0. The molecule has 0 atom stereocenters. The summed E-state index contributed by atoms with van der Waals surface area (Å²) in [4.78, 5) is 2.47. The van der Waals surface area contributed by atoms with Gasteiger partial charge < -0.3 is 4.90 Å². The Hall–Kier alpha value is -7.74. The summed E-state index contributed by atoms with van der Waals surface area (Å²) in [6.07, 6.45) is 0. The first-order valence-electron chi connectivity index (χ1n) is 20.3. The van der Waals surface area contributed by atoms with Gasteiger partial charge in [-0.3, -0.25) is 0 Å². The molecule has 0 aliphatic rings. The molecule has 0 aromatic heterocycles. The minimum Gasteiger partial charge on any atom is -0.309 e. The Balaban J connectivity index is 1.10. The average molecular weight is 750 g/mol. The number of rotatable bonds is 7. The second-order valence-electron chi connectivity index (χ2n) is 15.3. The van der Waals surface area contributed by atoms with Crippen LogP contribution in [0.25, 0.3) is 87.6 Å². The van der Waals surface area contributed by atoms with Gasteiger partial charge in [-0.05, 0) is 101 Å². The summed E-state index contributed by atoms with van der Waals surface area (Å²) < 4.78 is 0. The number of anilines is 3. The standard InChI is InChI=1S/C58H39N/c1-5-21-49-42(13-1)17-9-25-51(49)46-31-29-40(30-32-46)41-33-36-48(37-34-41)59(57-28-12-20-45-16-4-8-24-54(45)57)58-39-47(53-26-10-18-43-14-2-6-22-50(43)53)35-38-56(58)55-27-11-19-44-15-3-7-23-52(44)55/h1-39H. The Bertz CT molecular complexity index is 3300. The third-order valence-corrected chi connectivity index (χ3v) is 11.9. The van der Waals surface area contributed by atoms with Crippen molar-refractivity contribution in [1.29, 1.82) is 0 Å². The van der Waals surface area contributed by atoms with Crippen LogP contribution in [0, 0.1) is 0 Å². The maximum atomic E-state index is 2.47. The van der Waals surface area contributed by atoms with E-state index in [4.69, 9.17) is 0 Å². The second kappa shape index (κ2) is 14.6. The third-order valence-electron chi connectivity index (χ3n) is 11.9. The predicted molar refractivity (Wildman–Crippen MR) is 253 cm³/mol. The van der Waals surface area contributed by atoms with Crippen LogP contribution in [0.5, 0.6) is 0 Å². The van der Waals surface area contributed by atoms with Crippen LogP contribution < -0.4 is 4.90 Å². The van der Waals surface area contributed by atoms with Gasteiger partial charge in [0.25, 0.3) is 0 Å². The van der Waals surface area contributed by atoms with Gasteiger partial charge in [-0.2, -0.15) is 0 Å². The Morgan fingerprint density at radius 3 is 1.19 bits per heavy atom. The van der Waals surface area contributed by atoms with Gasteiger partial charge in [0, 0.05) is 16.6 Å². The van der Waals surface area contributed by atoms with E-state index in [0.717, 1.165) is 17.1 Å². The molecule has 0 amide bonds. The maximum Gasteiger partial charge on any atom is 0.0546 e.